The number of hydrogen-bond acceptors (Lipinski definition) is 1. The molecule has 2 heteroatoms. The molecular weight excluding hydrogens is 189 g/mol. The summed E-state index contributed by atoms with van der Waals surface area (Å²) in [5.74, 6) is -0.745. The Hall–Kier alpha value is -1.88. The summed E-state index contributed by atoms with van der Waals surface area (Å²) >= 11 is 0. The minimum atomic E-state index is -1.69. The topological polar surface area (TPSA) is 23.8 Å². The van der Waals surface area contributed by atoms with Crippen LogP contribution in [0.25, 0.3) is 0 Å². The van der Waals surface area contributed by atoms with Gasteiger partial charge in [-0.3, -0.25) is 0 Å². The highest BCUT2D eigenvalue weighted by Gasteiger charge is 2.38. The van der Waals surface area contributed by atoms with Crippen LogP contribution in [0.4, 0.5) is 4.39 Å². The van der Waals surface area contributed by atoms with E-state index >= 15 is 0 Å². The summed E-state index contributed by atoms with van der Waals surface area (Å²) in [7, 11) is 0. The van der Waals surface area contributed by atoms with Crippen molar-refractivity contribution in [1.29, 1.82) is 5.26 Å². The minimum absolute atomic E-state index is 0.525. The maximum Gasteiger partial charge on any atom is 0.173 e. The molecule has 1 aromatic carbocycles. The van der Waals surface area contributed by atoms with Crippen molar-refractivity contribution in [2.45, 2.75) is 5.67 Å². The Morgan fingerprint density at radius 2 is 1.93 bits per heavy atom. The lowest BCUT2D eigenvalue weighted by molar-refractivity contribution is 0.196. The Bertz CT molecular complexity index is 441. The van der Waals surface area contributed by atoms with E-state index in [1.165, 1.54) is 6.08 Å². The molecule has 74 valence electrons. The van der Waals surface area contributed by atoms with Crippen molar-refractivity contribution in [3.05, 3.63) is 60.2 Å². The second kappa shape index (κ2) is 3.70. The molecule has 0 amide bonds. The lowest BCUT2D eigenvalue weighted by Gasteiger charge is -2.26. The Labute approximate surface area is 88.2 Å². The Morgan fingerprint density at radius 1 is 1.20 bits per heavy atom. The zero-order valence-electron chi connectivity index (χ0n) is 8.10. The van der Waals surface area contributed by atoms with E-state index in [2.05, 4.69) is 0 Å². The summed E-state index contributed by atoms with van der Waals surface area (Å²) in [6.45, 7) is 0. The molecular formula is C13H10FN. The Morgan fingerprint density at radius 3 is 2.60 bits per heavy atom. The third-order valence-electron chi connectivity index (χ3n) is 2.56. The SMILES string of the molecule is N#CC1C=CC=CC1(F)c1ccccc1. The van der Waals surface area contributed by atoms with E-state index < -0.39 is 11.6 Å². The first-order valence-corrected chi connectivity index (χ1v) is 4.77. The van der Waals surface area contributed by atoms with Gasteiger partial charge in [0.25, 0.3) is 0 Å². The van der Waals surface area contributed by atoms with Gasteiger partial charge in [0.1, 0.15) is 5.92 Å². The fourth-order valence-electron chi connectivity index (χ4n) is 1.72. The van der Waals surface area contributed by atoms with E-state index in [0.29, 0.717) is 5.56 Å². The van der Waals surface area contributed by atoms with Gasteiger partial charge < -0.3 is 0 Å². The average molecular weight is 199 g/mol. The fourth-order valence-corrected chi connectivity index (χ4v) is 1.72. The fraction of sp³-hybridized carbons (Fsp3) is 0.154. The van der Waals surface area contributed by atoms with E-state index in [1.807, 2.05) is 12.1 Å². The quantitative estimate of drug-likeness (QED) is 0.681. The lowest BCUT2D eigenvalue weighted by Crippen LogP contribution is -2.27. The molecule has 15 heavy (non-hydrogen) atoms. The van der Waals surface area contributed by atoms with Crippen LogP contribution >= 0.6 is 0 Å². The molecule has 1 aliphatic carbocycles. The van der Waals surface area contributed by atoms with Gasteiger partial charge in [-0.2, -0.15) is 5.26 Å². The highest BCUT2D eigenvalue weighted by molar-refractivity contribution is 5.37. The van der Waals surface area contributed by atoms with Crippen molar-refractivity contribution in [2.24, 2.45) is 5.92 Å². The number of hydrogen-bond donors (Lipinski definition) is 0. The van der Waals surface area contributed by atoms with Crippen molar-refractivity contribution >= 4 is 0 Å². The van der Waals surface area contributed by atoms with Gasteiger partial charge in [-0.15, -0.1) is 0 Å². The normalized spacial score (nSPS) is 28.7. The number of alkyl halides is 1. The van der Waals surface area contributed by atoms with Crippen molar-refractivity contribution in [2.75, 3.05) is 0 Å². The number of rotatable bonds is 1. The van der Waals surface area contributed by atoms with Crippen LogP contribution in [0.15, 0.2) is 54.6 Å². The molecule has 0 saturated carbocycles. The molecule has 1 aromatic rings. The molecule has 1 nitrogen and oxygen atoms in total. The van der Waals surface area contributed by atoms with Crippen molar-refractivity contribution in [3.63, 3.8) is 0 Å². The maximum absolute atomic E-state index is 14.6. The molecule has 0 bridgehead atoms. The van der Waals surface area contributed by atoms with Crippen LogP contribution in [0.5, 0.6) is 0 Å². The maximum atomic E-state index is 14.6. The van der Waals surface area contributed by atoms with Gasteiger partial charge in [0.15, 0.2) is 5.67 Å². The number of nitriles is 1. The predicted octanol–water partition coefficient (Wildman–Crippen LogP) is 3.12. The molecule has 0 saturated heterocycles. The molecule has 2 atom stereocenters. The Kier molecular flexibility index (Phi) is 2.39. The molecule has 1 aliphatic rings. The number of benzene rings is 1. The third kappa shape index (κ3) is 1.57. The molecule has 0 spiro atoms. The highest BCUT2D eigenvalue weighted by atomic mass is 19.1. The summed E-state index contributed by atoms with van der Waals surface area (Å²) in [4.78, 5) is 0. The summed E-state index contributed by atoms with van der Waals surface area (Å²) in [5.41, 5.74) is -1.16. The first-order valence-electron chi connectivity index (χ1n) is 4.77. The standard InChI is InChI=1S/C13H10FN/c14-13(11-6-2-1-3-7-11)9-5-4-8-12(13)10-15/h1-9,12H. The average Bonchev–Trinajstić information content (AvgIpc) is 2.31. The molecule has 0 heterocycles. The van der Waals surface area contributed by atoms with Crippen LogP contribution < -0.4 is 0 Å². The molecule has 2 unspecified atom stereocenters. The van der Waals surface area contributed by atoms with Gasteiger partial charge in [0, 0.05) is 0 Å². The summed E-state index contributed by atoms with van der Waals surface area (Å²) in [5, 5.41) is 8.91. The van der Waals surface area contributed by atoms with Crippen LogP contribution in [0.1, 0.15) is 5.56 Å². The van der Waals surface area contributed by atoms with E-state index in [1.54, 1.807) is 42.5 Å². The lowest BCUT2D eigenvalue weighted by atomic mass is 9.81. The van der Waals surface area contributed by atoms with Gasteiger partial charge in [0.05, 0.1) is 6.07 Å². The van der Waals surface area contributed by atoms with Crippen LogP contribution in [0.2, 0.25) is 0 Å². The second-order valence-electron chi connectivity index (χ2n) is 3.48. The summed E-state index contributed by atoms with van der Waals surface area (Å²) < 4.78 is 14.6. The monoisotopic (exact) mass is 199 g/mol. The van der Waals surface area contributed by atoms with Crippen LogP contribution in [-0.4, -0.2) is 0 Å². The molecule has 0 aromatic heterocycles. The van der Waals surface area contributed by atoms with Crippen LogP contribution in [0.3, 0.4) is 0 Å². The molecule has 0 fully saturated rings. The highest BCUT2D eigenvalue weighted by Crippen LogP contribution is 2.38. The third-order valence-corrected chi connectivity index (χ3v) is 2.56. The van der Waals surface area contributed by atoms with E-state index in [9.17, 15) is 4.39 Å². The Balaban J connectivity index is 2.47. The molecule has 0 radical (unpaired) electrons. The van der Waals surface area contributed by atoms with Gasteiger partial charge in [-0.05, 0) is 11.6 Å². The van der Waals surface area contributed by atoms with Crippen molar-refractivity contribution in [3.8, 4) is 6.07 Å². The summed E-state index contributed by atoms with van der Waals surface area (Å²) in [6.07, 6.45) is 6.37. The smallest absolute Gasteiger partial charge is 0.173 e. The molecule has 0 aliphatic heterocycles. The van der Waals surface area contributed by atoms with E-state index in [4.69, 9.17) is 5.26 Å². The first-order chi connectivity index (χ1) is 7.27. The summed E-state index contributed by atoms with van der Waals surface area (Å²) in [6, 6.07) is 10.8. The van der Waals surface area contributed by atoms with Crippen molar-refractivity contribution < 1.29 is 4.39 Å². The number of nitrogens with zero attached hydrogens (tertiary/aromatic N) is 1. The van der Waals surface area contributed by atoms with Gasteiger partial charge in [-0.1, -0.05) is 48.6 Å². The van der Waals surface area contributed by atoms with Crippen LogP contribution in [0, 0.1) is 17.2 Å². The van der Waals surface area contributed by atoms with Crippen LogP contribution in [-0.2, 0) is 5.67 Å². The molecule has 0 N–H and O–H groups in total. The predicted molar refractivity (Wildman–Crippen MR) is 56.6 cm³/mol. The number of allylic oxidation sites excluding steroid dienone is 4. The van der Waals surface area contributed by atoms with Gasteiger partial charge in [0.2, 0.25) is 0 Å². The first kappa shape index (κ1) is 9.67. The zero-order valence-corrected chi connectivity index (χ0v) is 8.10. The van der Waals surface area contributed by atoms with E-state index in [-0.39, 0.29) is 0 Å². The minimum Gasteiger partial charge on any atom is -0.232 e. The second-order valence-corrected chi connectivity index (χ2v) is 3.48. The largest absolute Gasteiger partial charge is 0.232 e. The van der Waals surface area contributed by atoms with Crippen molar-refractivity contribution in [1.82, 2.24) is 0 Å². The molecule has 2 rings (SSSR count). The van der Waals surface area contributed by atoms with Gasteiger partial charge >= 0.3 is 0 Å². The number of halogens is 1. The zero-order chi connectivity index (χ0) is 10.7. The van der Waals surface area contributed by atoms with E-state index in [0.717, 1.165) is 0 Å². The van der Waals surface area contributed by atoms with Gasteiger partial charge in [-0.25, -0.2) is 4.39 Å².